The van der Waals surface area contributed by atoms with Crippen LogP contribution in [-0.4, -0.2) is 15.1 Å². The Morgan fingerprint density at radius 3 is 3.00 bits per heavy atom. The van der Waals surface area contributed by atoms with Gasteiger partial charge < -0.3 is 10.3 Å². The molecular formula is C8H8N4O. The van der Waals surface area contributed by atoms with Crippen LogP contribution in [0.5, 0.6) is 0 Å². The predicted molar refractivity (Wildman–Crippen MR) is 45.4 cm³/mol. The molecule has 13 heavy (non-hydrogen) atoms. The summed E-state index contributed by atoms with van der Waals surface area (Å²) in [5.41, 5.74) is 6.15. The molecule has 2 aromatic rings. The fourth-order valence-corrected chi connectivity index (χ4v) is 0.950. The molecule has 0 aliphatic rings. The minimum absolute atomic E-state index is 0.257. The zero-order chi connectivity index (χ0) is 9.10. The van der Waals surface area contributed by atoms with Crippen molar-refractivity contribution in [2.45, 2.75) is 6.54 Å². The van der Waals surface area contributed by atoms with Crippen molar-refractivity contribution < 1.29 is 4.52 Å². The molecule has 5 nitrogen and oxygen atoms in total. The summed E-state index contributed by atoms with van der Waals surface area (Å²) >= 11 is 0. The molecule has 0 aliphatic heterocycles. The van der Waals surface area contributed by atoms with Crippen LogP contribution in [0.15, 0.2) is 29.0 Å². The number of nitrogens with zero attached hydrogens (tertiary/aromatic N) is 3. The third-order valence-corrected chi connectivity index (χ3v) is 1.56. The lowest BCUT2D eigenvalue weighted by Crippen LogP contribution is -1.95. The van der Waals surface area contributed by atoms with E-state index in [0.29, 0.717) is 11.7 Å². The number of rotatable bonds is 2. The van der Waals surface area contributed by atoms with Crippen LogP contribution in [0.25, 0.3) is 11.4 Å². The van der Waals surface area contributed by atoms with E-state index < -0.39 is 0 Å². The second kappa shape index (κ2) is 3.32. The second-order valence-electron chi connectivity index (χ2n) is 2.46. The van der Waals surface area contributed by atoms with Crippen LogP contribution >= 0.6 is 0 Å². The molecule has 0 aromatic carbocycles. The van der Waals surface area contributed by atoms with Crippen molar-refractivity contribution in [2.24, 2.45) is 5.73 Å². The van der Waals surface area contributed by atoms with Gasteiger partial charge in [-0.2, -0.15) is 4.98 Å². The first kappa shape index (κ1) is 7.88. The smallest absolute Gasteiger partial charge is 0.240 e. The number of hydrogen-bond donors (Lipinski definition) is 1. The molecule has 0 spiro atoms. The summed E-state index contributed by atoms with van der Waals surface area (Å²) in [6.45, 7) is 0.257. The monoisotopic (exact) mass is 176 g/mol. The molecular weight excluding hydrogens is 168 g/mol. The molecule has 0 saturated carbocycles. The summed E-state index contributed by atoms with van der Waals surface area (Å²) in [5.74, 6) is 0.951. The molecule has 2 rings (SSSR count). The van der Waals surface area contributed by atoms with Crippen LogP contribution in [0.2, 0.25) is 0 Å². The average molecular weight is 176 g/mol. The summed E-state index contributed by atoms with van der Waals surface area (Å²) in [7, 11) is 0. The Hall–Kier alpha value is -1.75. The number of aromatic nitrogens is 3. The van der Waals surface area contributed by atoms with Gasteiger partial charge in [0.2, 0.25) is 11.7 Å². The zero-order valence-corrected chi connectivity index (χ0v) is 6.84. The van der Waals surface area contributed by atoms with E-state index in [-0.39, 0.29) is 6.54 Å². The topological polar surface area (TPSA) is 77.8 Å². The summed E-state index contributed by atoms with van der Waals surface area (Å²) in [6, 6.07) is 3.67. The van der Waals surface area contributed by atoms with Crippen molar-refractivity contribution in [3.05, 3.63) is 30.4 Å². The first-order chi connectivity index (χ1) is 6.40. The van der Waals surface area contributed by atoms with E-state index in [0.717, 1.165) is 5.56 Å². The zero-order valence-electron chi connectivity index (χ0n) is 6.84. The first-order valence-electron chi connectivity index (χ1n) is 3.83. The van der Waals surface area contributed by atoms with Gasteiger partial charge in [0.15, 0.2) is 0 Å². The lowest BCUT2D eigenvalue weighted by molar-refractivity contribution is 0.380. The van der Waals surface area contributed by atoms with Gasteiger partial charge in [-0.25, -0.2) is 0 Å². The van der Waals surface area contributed by atoms with Crippen molar-refractivity contribution >= 4 is 0 Å². The van der Waals surface area contributed by atoms with Crippen LogP contribution in [-0.2, 0) is 6.54 Å². The van der Waals surface area contributed by atoms with Gasteiger partial charge in [-0.1, -0.05) is 5.16 Å². The van der Waals surface area contributed by atoms with E-state index in [1.165, 1.54) is 0 Å². The Bertz CT molecular complexity index is 384. The van der Waals surface area contributed by atoms with Gasteiger partial charge in [0.1, 0.15) is 0 Å². The lowest BCUT2D eigenvalue weighted by atomic mass is 10.3. The van der Waals surface area contributed by atoms with E-state index >= 15 is 0 Å². The highest BCUT2D eigenvalue weighted by molar-refractivity contribution is 5.51. The Labute approximate surface area is 74.6 Å². The summed E-state index contributed by atoms with van der Waals surface area (Å²) in [5, 5.41) is 3.75. The molecule has 5 heteroatoms. The quantitative estimate of drug-likeness (QED) is 0.724. The first-order valence-corrected chi connectivity index (χ1v) is 3.83. The molecule has 0 unspecified atom stereocenters. The van der Waals surface area contributed by atoms with Crippen LogP contribution in [0.3, 0.4) is 0 Å². The van der Waals surface area contributed by atoms with Gasteiger partial charge in [-0.05, 0) is 12.1 Å². The Kier molecular flexibility index (Phi) is 2.01. The summed E-state index contributed by atoms with van der Waals surface area (Å²) in [6.07, 6.45) is 3.36. The molecule has 0 atom stereocenters. The predicted octanol–water partition coefficient (Wildman–Crippen LogP) is 0.590. The summed E-state index contributed by atoms with van der Waals surface area (Å²) in [4.78, 5) is 8.00. The fraction of sp³-hybridized carbons (Fsp3) is 0.125. The molecule has 0 saturated heterocycles. The van der Waals surface area contributed by atoms with E-state index in [4.69, 9.17) is 10.3 Å². The van der Waals surface area contributed by atoms with Crippen LogP contribution in [0.1, 0.15) is 5.89 Å². The number of pyridine rings is 1. The minimum atomic E-state index is 0.257. The normalized spacial score (nSPS) is 10.2. The van der Waals surface area contributed by atoms with Gasteiger partial charge in [0, 0.05) is 18.0 Å². The minimum Gasteiger partial charge on any atom is -0.338 e. The van der Waals surface area contributed by atoms with E-state index in [1.807, 2.05) is 12.1 Å². The van der Waals surface area contributed by atoms with Gasteiger partial charge in [-0.15, -0.1) is 0 Å². The Morgan fingerprint density at radius 1 is 1.46 bits per heavy atom. The molecule has 66 valence electrons. The highest BCUT2D eigenvalue weighted by Crippen LogP contribution is 2.12. The molecule has 0 fully saturated rings. The molecule has 0 bridgehead atoms. The van der Waals surface area contributed by atoms with Gasteiger partial charge in [0.05, 0.1) is 6.54 Å². The molecule has 2 heterocycles. The van der Waals surface area contributed by atoms with Gasteiger partial charge >= 0.3 is 0 Å². The fourth-order valence-electron chi connectivity index (χ4n) is 0.950. The number of nitrogens with two attached hydrogens (primary N) is 1. The summed E-state index contributed by atoms with van der Waals surface area (Å²) < 4.78 is 4.85. The van der Waals surface area contributed by atoms with Gasteiger partial charge in [0.25, 0.3) is 0 Å². The van der Waals surface area contributed by atoms with Crippen molar-refractivity contribution in [3.8, 4) is 11.4 Å². The molecule has 2 N–H and O–H groups in total. The average Bonchev–Trinajstić information content (AvgIpc) is 2.67. The molecule has 0 radical (unpaired) electrons. The van der Waals surface area contributed by atoms with Crippen molar-refractivity contribution in [1.29, 1.82) is 0 Å². The maximum Gasteiger partial charge on any atom is 0.240 e. The van der Waals surface area contributed by atoms with E-state index in [1.54, 1.807) is 12.4 Å². The largest absolute Gasteiger partial charge is 0.338 e. The molecule has 2 aromatic heterocycles. The number of hydrogen-bond acceptors (Lipinski definition) is 5. The van der Waals surface area contributed by atoms with Crippen LogP contribution in [0.4, 0.5) is 0 Å². The molecule has 0 amide bonds. The van der Waals surface area contributed by atoms with E-state index in [2.05, 4.69) is 15.1 Å². The highest BCUT2D eigenvalue weighted by atomic mass is 16.5. The third kappa shape index (κ3) is 1.54. The molecule has 0 aliphatic carbocycles. The SMILES string of the molecule is NCc1nc(-c2cccnc2)no1. The maximum absolute atomic E-state index is 5.33. The van der Waals surface area contributed by atoms with Crippen molar-refractivity contribution in [3.63, 3.8) is 0 Å². The van der Waals surface area contributed by atoms with Crippen LogP contribution < -0.4 is 5.73 Å². The Morgan fingerprint density at radius 2 is 2.38 bits per heavy atom. The van der Waals surface area contributed by atoms with Gasteiger partial charge in [-0.3, -0.25) is 4.98 Å². The Balaban J connectivity index is 2.36. The maximum atomic E-state index is 5.33. The van der Waals surface area contributed by atoms with Crippen molar-refractivity contribution in [2.75, 3.05) is 0 Å². The lowest BCUT2D eigenvalue weighted by Gasteiger charge is -1.89. The second-order valence-corrected chi connectivity index (χ2v) is 2.46. The third-order valence-electron chi connectivity index (χ3n) is 1.56. The highest BCUT2D eigenvalue weighted by Gasteiger charge is 2.05. The standard InChI is InChI=1S/C8H8N4O/c9-4-7-11-8(12-13-7)6-2-1-3-10-5-6/h1-3,5H,4,9H2. The van der Waals surface area contributed by atoms with Crippen molar-refractivity contribution in [1.82, 2.24) is 15.1 Å². The van der Waals surface area contributed by atoms with E-state index in [9.17, 15) is 0 Å². The van der Waals surface area contributed by atoms with Crippen LogP contribution in [0, 0.1) is 0 Å².